The molecule has 0 aromatic rings. The van der Waals surface area contributed by atoms with E-state index in [0.717, 1.165) is 115 Å². The second-order valence-electron chi connectivity index (χ2n) is 28.1. The van der Waals surface area contributed by atoms with E-state index in [1.807, 2.05) is 0 Å². The lowest BCUT2D eigenvalue weighted by Crippen LogP contribution is -2.30. The number of phosphoric acid groups is 2. The van der Waals surface area contributed by atoms with Crippen LogP contribution < -0.4 is 0 Å². The van der Waals surface area contributed by atoms with E-state index < -0.39 is 97.5 Å². The standard InChI is InChI=1S/C76H144O17P2/c1-8-9-10-11-12-13-14-15-18-23-26-29-38-45-52-59-75(80)92-71(63-86-73(78)57-50-43-36-28-25-22-20-17-16-19-21-24-27-33-40-47-54-67(2)3)65-90-94(82,83)88-61-70(77)62-89-95(84,85)91-66-72(93-76(81)60-53-46-39-32-35-42-49-56-69(6)7)64-87-74(79)58-51-44-37-31-30-34-41-48-55-68(4)5/h13-15,18,67-72,77H,8-12,16-17,19-66H2,1-7H3,(H,82,83)(H,84,85)/b14-13-,18-15-/t70?,71-,72-/m1/s1. The summed E-state index contributed by atoms with van der Waals surface area (Å²) in [6.07, 6.45) is 55.1. The number of carbonyl (C=O) groups excluding carboxylic acids is 4. The fraction of sp³-hybridized carbons (Fsp3) is 0.895. The zero-order valence-corrected chi connectivity index (χ0v) is 63.4. The zero-order valence-electron chi connectivity index (χ0n) is 61.6. The summed E-state index contributed by atoms with van der Waals surface area (Å²) in [6.45, 7) is 11.8. The molecule has 0 aliphatic carbocycles. The minimum atomic E-state index is -4.97. The van der Waals surface area contributed by atoms with Gasteiger partial charge in [-0.3, -0.25) is 37.3 Å². The quantitative estimate of drug-likeness (QED) is 0.0169. The average Bonchev–Trinajstić information content (AvgIpc) is 1.86. The molecule has 0 aromatic carbocycles. The molecule has 0 rings (SSSR count). The highest BCUT2D eigenvalue weighted by atomic mass is 31.2. The Bertz CT molecular complexity index is 1950. The summed E-state index contributed by atoms with van der Waals surface area (Å²) in [5.74, 6) is 0.0775. The lowest BCUT2D eigenvalue weighted by molar-refractivity contribution is -0.161. The van der Waals surface area contributed by atoms with Crippen LogP contribution in [0.1, 0.15) is 363 Å². The van der Waals surface area contributed by atoms with E-state index in [1.54, 1.807) is 0 Å². The summed E-state index contributed by atoms with van der Waals surface area (Å²) >= 11 is 0. The van der Waals surface area contributed by atoms with Crippen LogP contribution in [0.2, 0.25) is 0 Å². The van der Waals surface area contributed by atoms with Crippen molar-refractivity contribution >= 4 is 39.5 Å². The van der Waals surface area contributed by atoms with Gasteiger partial charge in [-0.05, 0) is 69.1 Å². The van der Waals surface area contributed by atoms with Crippen molar-refractivity contribution in [1.82, 2.24) is 0 Å². The largest absolute Gasteiger partial charge is 0.472 e. The maximum Gasteiger partial charge on any atom is 0.472 e. The summed E-state index contributed by atoms with van der Waals surface area (Å²) < 4.78 is 68.4. The molecule has 560 valence electrons. The summed E-state index contributed by atoms with van der Waals surface area (Å²) in [5, 5.41) is 10.6. The number of ether oxygens (including phenoxy) is 4. The SMILES string of the molecule is CCCCCC/C=C\C=C/CCCCCCCC(=O)O[C@H](COC(=O)CCCCCCCCCCCCCCCCCCC(C)C)COP(=O)(O)OCC(O)COP(=O)(O)OC[C@@H](COC(=O)CCCCCCCCCCC(C)C)OC(=O)CCCCCCCCCC(C)C. The number of phosphoric ester groups is 2. The highest BCUT2D eigenvalue weighted by Gasteiger charge is 2.30. The van der Waals surface area contributed by atoms with Crippen molar-refractivity contribution in [3.63, 3.8) is 0 Å². The molecule has 3 N–H and O–H groups in total. The van der Waals surface area contributed by atoms with Gasteiger partial charge in [0, 0.05) is 25.7 Å². The van der Waals surface area contributed by atoms with Crippen molar-refractivity contribution in [3.05, 3.63) is 24.3 Å². The van der Waals surface area contributed by atoms with Gasteiger partial charge in [-0.1, -0.05) is 310 Å². The molecule has 0 radical (unpaired) electrons. The minimum absolute atomic E-state index is 0.0849. The Morgan fingerprint density at radius 2 is 0.568 bits per heavy atom. The van der Waals surface area contributed by atoms with Gasteiger partial charge >= 0.3 is 39.5 Å². The lowest BCUT2D eigenvalue weighted by Gasteiger charge is -2.21. The van der Waals surface area contributed by atoms with E-state index in [-0.39, 0.29) is 25.7 Å². The molecule has 3 unspecified atom stereocenters. The number of hydrogen-bond donors (Lipinski definition) is 3. The molecule has 0 heterocycles. The molecule has 0 aliphatic heterocycles. The third kappa shape index (κ3) is 69.8. The lowest BCUT2D eigenvalue weighted by atomic mass is 10.0. The number of allylic oxidation sites excluding steroid dienone is 4. The molecule has 17 nitrogen and oxygen atoms in total. The minimum Gasteiger partial charge on any atom is -0.462 e. The molecule has 0 bridgehead atoms. The van der Waals surface area contributed by atoms with E-state index in [9.17, 15) is 43.2 Å². The third-order valence-corrected chi connectivity index (χ3v) is 18.9. The van der Waals surface area contributed by atoms with Crippen LogP contribution >= 0.6 is 15.6 Å². The topological polar surface area (TPSA) is 237 Å². The molecule has 19 heteroatoms. The second kappa shape index (κ2) is 66.1. The molecule has 0 spiro atoms. The Labute approximate surface area is 580 Å². The molecular formula is C76H144O17P2. The number of hydrogen-bond acceptors (Lipinski definition) is 15. The predicted octanol–water partition coefficient (Wildman–Crippen LogP) is 21.7. The Hall–Kier alpha value is -2.46. The van der Waals surface area contributed by atoms with Gasteiger partial charge < -0.3 is 33.8 Å². The van der Waals surface area contributed by atoms with E-state index in [2.05, 4.69) is 72.8 Å². The van der Waals surface area contributed by atoms with Crippen LogP contribution in [0, 0.1) is 17.8 Å². The summed E-state index contributed by atoms with van der Waals surface area (Å²) in [7, 11) is -9.92. The Morgan fingerprint density at radius 1 is 0.326 bits per heavy atom. The molecule has 0 aromatic heterocycles. The Morgan fingerprint density at radius 3 is 0.853 bits per heavy atom. The maximum atomic E-state index is 13.1. The monoisotopic (exact) mass is 1390 g/mol. The van der Waals surface area contributed by atoms with Crippen LogP contribution in [0.25, 0.3) is 0 Å². The average molecular weight is 1390 g/mol. The number of unbranched alkanes of at least 4 members (excludes halogenated alkanes) is 37. The molecule has 0 aliphatic rings. The molecule has 5 atom stereocenters. The van der Waals surface area contributed by atoms with Crippen LogP contribution in [-0.4, -0.2) is 96.7 Å². The second-order valence-corrected chi connectivity index (χ2v) is 31.0. The van der Waals surface area contributed by atoms with Crippen molar-refractivity contribution in [3.8, 4) is 0 Å². The molecule has 95 heavy (non-hydrogen) atoms. The van der Waals surface area contributed by atoms with Crippen molar-refractivity contribution in [2.45, 2.75) is 381 Å². The van der Waals surface area contributed by atoms with Gasteiger partial charge in [-0.15, -0.1) is 0 Å². The van der Waals surface area contributed by atoms with E-state index >= 15 is 0 Å². The first-order valence-corrected chi connectivity index (χ1v) is 41.7. The highest BCUT2D eigenvalue weighted by Crippen LogP contribution is 2.45. The van der Waals surface area contributed by atoms with E-state index in [0.29, 0.717) is 31.6 Å². The van der Waals surface area contributed by atoms with E-state index in [1.165, 1.54) is 161 Å². The predicted molar refractivity (Wildman–Crippen MR) is 386 cm³/mol. The molecule has 0 fully saturated rings. The van der Waals surface area contributed by atoms with Gasteiger partial charge in [-0.2, -0.15) is 0 Å². The van der Waals surface area contributed by atoms with Gasteiger partial charge in [0.05, 0.1) is 26.4 Å². The maximum absolute atomic E-state index is 13.1. The summed E-state index contributed by atoms with van der Waals surface area (Å²) in [4.78, 5) is 72.7. The summed E-state index contributed by atoms with van der Waals surface area (Å²) in [6, 6.07) is 0. The molecule has 0 saturated carbocycles. The zero-order chi connectivity index (χ0) is 70.1. The molecule has 0 saturated heterocycles. The van der Waals surface area contributed by atoms with Crippen molar-refractivity contribution < 1.29 is 80.2 Å². The smallest absolute Gasteiger partial charge is 0.462 e. The van der Waals surface area contributed by atoms with E-state index in [4.69, 9.17) is 37.0 Å². The Kier molecular flexibility index (Phi) is 64.4. The number of rotatable bonds is 72. The van der Waals surface area contributed by atoms with Gasteiger partial charge in [0.2, 0.25) is 0 Å². The van der Waals surface area contributed by atoms with Crippen LogP contribution in [0.15, 0.2) is 24.3 Å². The van der Waals surface area contributed by atoms with Gasteiger partial charge in [0.1, 0.15) is 19.3 Å². The van der Waals surface area contributed by atoms with Crippen LogP contribution in [-0.2, 0) is 65.4 Å². The van der Waals surface area contributed by atoms with Crippen LogP contribution in [0.3, 0.4) is 0 Å². The van der Waals surface area contributed by atoms with Gasteiger partial charge in [-0.25, -0.2) is 9.13 Å². The molecule has 0 amide bonds. The fourth-order valence-electron chi connectivity index (χ4n) is 11.1. The number of carbonyl (C=O) groups is 4. The first-order valence-electron chi connectivity index (χ1n) is 38.7. The number of aliphatic hydroxyl groups excluding tert-OH is 1. The molecular weight excluding hydrogens is 1250 g/mol. The van der Waals surface area contributed by atoms with Crippen molar-refractivity contribution in [1.29, 1.82) is 0 Å². The van der Waals surface area contributed by atoms with Crippen molar-refractivity contribution in [2.75, 3.05) is 39.6 Å². The van der Waals surface area contributed by atoms with Gasteiger partial charge in [0.15, 0.2) is 12.2 Å². The first kappa shape index (κ1) is 92.5. The highest BCUT2D eigenvalue weighted by molar-refractivity contribution is 7.47. The number of esters is 4. The summed E-state index contributed by atoms with van der Waals surface area (Å²) in [5.41, 5.74) is 0. The van der Waals surface area contributed by atoms with Gasteiger partial charge in [0.25, 0.3) is 0 Å². The Balaban J connectivity index is 5.25. The normalized spacial score (nSPS) is 14.2. The third-order valence-electron chi connectivity index (χ3n) is 17.0. The number of aliphatic hydroxyl groups is 1. The van der Waals surface area contributed by atoms with Crippen LogP contribution in [0.4, 0.5) is 0 Å². The van der Waals surface area contributed by atoms with Crippen LogP contribution in [0.5, 0.6) is 0 Å². The fourth-order valence-corrected chi connectivity index (χ4v) is 12.6. The van der Waals surface area contributed by atoms with Crippen molar-refractivity contribution in [2.24, 2.45) is 17.8 Å². The first-order chi connectivity index (χ1) is 45.7.